The highest BCUT2D eigenvalue weighted by Gasteiger charge is 2.16. The Bertz CT molecular complexity index is 1290. The Hall–Kier alpha value is -4.40. The first-order chi connectivity index (χ1) is 15.9. The van der Waals surface area contributed by atoms with E-state index in [9.17, 15) is 9.59 Å². The fourth-order valence-corrected chi connectivity index (χ4v) is 3.47. The summed E-state index contributed by atoms with van der Waals surface area (Å²) in [6.07, 6.45) is 2.51. The SMILES string of the molecule is Cc1nn(COc2ccccc2-c2ccccc2)c(C)c1NC(=O)Cn1cc(C(=O)O)cn1. The predicted octanol–water partition coefficient (Wildman–Crippen LogP) is 3.74. The van der Waals surface area contributed by atoms with Gasteiger partial charge in [0.05, 0.1) is 28.8 Å². The van der Waals surface area contributed by atoms with Crippen molar-refractivity contribution in [3.8, 4) is 16.9 Å². The van der Waals surface area contributed by atoms with Crippen LogP contribution >= 0.6 is 0 Å². The summed E-state index contributed by atoms with van der Waals surface area (Å²) in [6.45, 7) is 3.71. The van der Waals surface area contributed by atoms with Gasteiger partial charge in [-0.1, -0.05) is 48.5 Å². The van der Waals surface area contributed by atoms with E-state index in [1.807, 2.05) is 61.5 Å². The predicted molar refractivity (Wildman–Crippen MR) is 122 cm³/mol. The minimum atomic E-state index is -1.09. The summed E-state index contributed by atoms with van der Waals surface area (Å²) in [6, 6.07) is 17.8. The molecule has 0 saturated carbocycles. The highest BCUT2D eigenvalue weighted by atomic mass is 16.5. The monoisotopic (exact) mass is 445 g/mol. The normalized spacial score (nSPS) is 10.7. The van der Waals surface area contributed by atoms with Crippen LogP contribution in [0.3, 0.4) is 0 Å². The van der Waals surface area contributed by atoms with Gasteiger partial charge in [0.1, 0.15) is 12.3 Å². The molecule has 9 heteroatoms. The maximum absolute atomic E-state index is 12.5. The number of carbonyl (C=O) groups is 2. The molecule has 0 aliphatic heterocycles. The largest absolute Gasteiger partial charge is 0.478 e. The quantitative estimate of drug-likeness (QED) is 0.427. The summed E-state index contributed by atoms with van der Waals surface area (Å²) in [5.41, 5.74) is 4.03. The molecule has 33 heavy (non-hydrogen) atoms. The zero-order chi connectivity index (χ0) is 23.4. The molecule has 0 radical (unpaired) electrons. The summed E-state index contributed by atoms with van der Waals surface area (Å²) < 4.78 is 9.03. The molecule has 0 spiro atoms. The highest BCUT2D eigenvalue weighted by Crippen LogP contribution is 2.30. The number of nitrogens with one attached hydrogen (secondary N) is 1. The molecular formula is C24H23N5O4. The fraction of sp³-hybridized carbons (Fsp3) is 0.167. The molecule has 2 heterocycles. The summed E-state index contributed by atoms with van der Waals surface area (Å²) >= 11 is 0. The molecule has 168 valence electrons. The molecule has 0 fully saturated rings. The molecular weight excluding hydrogens is 422 g/mol. The van der Waals surface area contributed by atoms with Crippen LogP contribution in [0.5, 0.6) is 5.75 Å². The van der Waals surface area contributed by atoms with Crippen molar-refractivity contribution in [1.29, 1.82) is 0 Å². The van der Waals surface area contributed by atoms with Gasteiger partial charge < -0.3 is 15.2 Å². The minimum absolute atomic E-state index is 0.0240. The van der Waals surface area contributed by atoms with E-state index in [0.29, 0.717) is 11.4 Å². The molecule has 4 aromatic rings. The van der Waals surface area contributed by atoms with E-state index in [-0.39, 0.29) is 24.7 Å². The number of carbonyl (C=O) groups excluding carboxylic acids is 1. The van der Waals surface area contributed by atoms with Crippen LogP contribution in [0.4, 0.5) is 5.69 Å². The second-order valence-electron chi connectivity index (χ2n) is 7.46. The number of aromatic nitrogens is 4. The van der Waals surface area contributed by atoms with Gasteiger partial charge in [0, 0.05) is 11.8 Å². The number of aryl methyl sites for hydroxylation is 1. The minimum Gasteiger partial charge on any atom is -0.478 e. The van der Waals surface area contributed by atoms with Crippen LogP contribution < -0.4 is 10.1 Å². The van der Waals surface area contributed by atoms with Crippen molar-refractivity contribution in [3.05, 3.63) is 83.9 Å². The molecule has 0 unspecified atom stereocenters. The van der Waals surface area contributed by atoms with Crippen LogP contribution in [0.2, 0.25) is 0 Å². The molecule has 9 nitrogen and oxygen atoms in total. The summed E-state index contributed by atoms with van der Waals surface area (Å²) in [7, 11) is 0. The molecule has 2 aromatic heterocycles. The first-order valence-corrected chi connectivity index (χ1v) is 10.3. The Morgan fingerprint density at radius 3 is 2.52 bits per heavy atom. The number of rotatable bonds is 8. The average Bonchev–Trinajstić information content (AvgIpc) is 3.38. The second-order valence-corrected chi connectivity index (χ2v) is 7.46. The molecule has 2 aromatic carbocycles. The maximum atomic E-state index is 12.5. The van der Waals surface area contributed by atoms with Crippen LogP contribution in [-0.2, 0) is 18.1 Å². The average molecular weight is 445 g/mol. The highest BCUT2D eigenvalue weighted by molar-refractivity contribution is 5.92. The van der Waals surface area contributed by atoms with Gasteiger partial charge in [-0.3, -0.25) is 9.48 Å². The molecule has 0 saturated heterocycles. The van der Waals surface area contributed by atoms with Crippen LogP contribution in [0.1, 0.15) is 21.7 Å². The number of ether oxygens (including phenoxy) is 1. The van der Waals surface area contributed by atoms with Gasteiger partial charge in [0.2, 0.25) is 5.91 Å². The van der Waals surface area contributed by atoms with Crippen LogP contribution in [0, 0.1) is 13.8 Å². The van der Waals surface area contributed by atoms with Crippen molar-refractivity contribution < 1.29 is 19.4 Å². The fourth-order valence-electron chi connectivity index (χ4n) is 3.47. The van der Waals surface area contributed by atoms with Crippen LogP contribution in [0.25, 0.3) is 11.1 Å². The van der Waals surface area contributed by atoms with Crippen molar-refractivity contribution in [1.82, 2.24) is 19.6 Å². The number of hydrogen-bond donors (Lipinski definition) is 2. The molecule has 2 N–H and O–H groups in total. The number of anilines is 1. The van der Waals surface area contributed by atoms with E-state index in [2.05, 4.69) is 15.5 Å². The summed E-state index contributed by atoms with van der Waals surface area (Å²) in [4.78, 5) is 23.4. The molecule has 4 rings (SSSR count). The van der Waals surface area contributed by atoms with Crippen LogP contribution in [-0.4, -0.2) is 36.5 Å². The third-order valence-corrected chi connectivity index (χ3v) is 5.15. The standard InChI is InChI=1S/C24H23N5O4/c1-16-23(26-22(30)14-28-13-19(12-25-28)24(31)32)17(2)29(27-16)15-33-21-11-7-6-10-20(21)18-8-4-3-5-9-18/h3-13H,14-15H2,1-2H3,(H,26,30)(H,31,32). The molecule has 0 aliphatic carbocycles. The number of carboxylic acid groups (broad SMARTS) is 1. The van der Waals surface area contributed by atoms with Crippen molar-refractivity contribution in [2.24, 2.45) is 0 Å². The number of aromatic carboxylic acids is 1. The van der Waals surface area contributed by atoms with Gasteiger partial charge in [0.15, 0.2) is 6.73 Å². The third kappa shape index (κ3) is 4.93. The van der Waals surface area contributed by atoms with Gasteiger partial charge in [-0.2, -0.15) is 10.2 Å². The number of para-hydroxylation sites is 1. The van der Waals surface area contributed by atoms with E-state index in [1.165, 1.54) is 17.1 Å². The van der Waals surface area contributed by atoms with E-state index in [4.69, 9.17) is 9.84 Å². The topological polar surface area (TPSA) is 111 Å². The van der Waals surface area contributed by atoms with E-state index in [0.717, 1.165) is 22.6 Å². The van der Waals surface area contributed by atoms with Gasteiger partial charge in [-0.05, 0) is 25.5 Å². The Labute approximate surface area is 190 Å². The first-order valence-electron chi connectivity index (χ1n) is 10.3. The second kappa shape index (κ2) is 9.39. The van der Waals surface area contributed by atoms with Crippen molar-refractivity contribution in [2.75, 3.05) is 5.32 Å². The van der Waals surface area contributed by atoms with Gasteiger partial charge in [-0.25, -0.2) is 9.48 Å². The molecule has 0 aliphatic rings. The number of hydrogen-bond acceptors (Lipinski definition) is 5. The number of carboxylic acids is 1. The zero-order valence-electron chi connectivity index (χ0n) is 18.2. The Morgan fingerprint density at radius 1 is 1.06 bits per heavy atom. The maximum Gasteiger partial charge on any atom is 0.338 e. The molecule has 0 bridgehead atoms. The molecule has 0 atom stereocenters. The van der Waals surface area contributed by atoms with Gasteiger partial charge in [-0.15, -0.1) is 0 Å². The Morgan fingerprint density at radius 2 is 1.79 bits per heavy atom. The first kappa shape index (κ1) is 21.8. The smallest absolute Gasteiger partial charge is 0.338 e. The lowest BCUT2D eigenvalue weighted by Gasteiger charge is -2.13. The van der Waals surface area contributed by atoms with Gasteiger partial charge >= 0.3 is 5.97 Å². The van der Waals surface area contributed by atoms with Crippen molar-refractivity contribution in [3.63, 3.8) is 0 Å². The summed E-state index contributed by atoms with van der Waals surface area (Å²) in [5, 5.41) is 20.2. The van der Waals surface area contributed by atoms with E-state index in [1.54, 1.807) is 11.6 Å². The van der Waals surface area contributed by atoms with E-state index >= 15 is 0 Å². The van der Waals surface area contributed by atoms with Crippen LogP contribution in [0.15, 0.2) is 67.0 Å². The molecule has 1 amide bonds. The Balaban J connectivity index is 1.45. The lowest BCUT2D eigenvalue weighted by Crippen LogP contribution is -2.20. The Kier molecular flexibility index (Phi) is 6.21. The number of amides is 1. The number of benzene rings is 2. The van der Waals surface area contributed by atoms with E-state index < -0.39 is 5.97 Å². The van der Waals surface area contributed by atoms with Gasteiger partial charge in [0.25, 0.3) is 0 Å². The lowest BCUT2D eigenvalue weighted by molar-refractivity contribution is -0.116. The number of nitrogens with zero attached hydrogens (tertiary/aromatic N) is 4. The van der Waals surface area contributed by atoms with Crippen molar-refractivity contribution >= 4 is 17.6 Å². The lowest BCUT2D eigenvalue weighted by atomic mass is 10.1. The summed E-state index contributed by atoms with van der Waals surface area (Å²) in [5.74, 6) is -0.700. The van der Waals surface area contributed by atoms with Crippen molar-refractivity contribution in [2.45, 2.75) is 27.1 Å². The third-order valence-electron chi connectivity index (χ3n) is 5.15. The zero-order valence-corrected chi connectivity index (χ0v) is 18.2.